The van der Waals surface area contributed by atoms with Crippen LogP contribution in [0.2, 0.25) is 0 Å². The van der Waals surface area contributed by atoms with Crippen LogP contribution >= 0.6 is 11.3 Å². The largest absolute Gasteiger partial charge is 0.465 e. The molecule has 11 nitrogen and oxygen atoms in total. The Hall–Kier alpha value is -4.42. The smallest absolute Gasteiger partial charge is 0.338 e. The van der Waals surface area contributed by atoms with Gasteiger partial charge in [-0.05, 0) is 31.9 Å². The molecule has 12 heteroatoms. The molecule has 238 valence electrons. The van der Waals surface area contributed by atoms with Gasteiger partial charge in [-0.25, -0.2) is 9.79 Å². The van der Waals surface area contributed by atoms with E-state index in [9.17, 15) is 14.4 Å². The van der Waals surface area contributed by atoms with Gasteiger partial charge in [-0.15, -0.1) is 11.3 Å². The van der Waals surface area contributed by atoms with Crippen LogP contribution in [0.15, 0.2) is 68.5 Å². The molecule has 1 aliphatic carbocycles. The lowest BCUT2D eigenvalue weighted by Gasteiger charge is -2.32. The number of amidine groups is 1. The van der Waals surface area contributed by atoms with Crippen LogP contribution in [0.1, 0.15) is 43.0 Å². The van der Waals surface area contributed by atoms with Crippen molar-refractivity contribution in [2.75, 3.05) is 57.7 Å². The Labute approximate surface area is 266 Å². The number of hydrogen-bond acceptors (Lipinski definition) is 10. The average Bonchev–Trinajstić information content (AvgIpc) is 3.71. The van der Waals surface area contributed by atoms with Gasteiger partial charge in [-0.1, -0.05) is 32.1 Å². The zero-order chi connectivity index (χ0) is 32.2. The molecule has 3 heterocycles. The summed E-state index contributed by atoms with van der Waals surface area (Å²) in [7, 11) is 4.72. The number of anilines is 2. The van der Waals surface area contributed by atoms with E-state index in [-0.39, 0.29) is 22.9 Å². The number of carbonyl (C=O) groups is 2. The van der Waals surface area contributed by atoms with Gasteiger partial charge in [0.25, 0.3) is 5.91 Å². The van der Waals surface area contributed by atoms with E-state index in [1.165, 1.54) is 29.4 Å². The quantitative estimate of drug-likeness (QED) is 0.145. The van der Waals surface area contributed by atoms with Crippen molar-refractivity contribution in [1.29, 1.82) is 0 Å². The fraction of sp³-hybridized carbons (Fsp3) is 0.394. The fourth-order valence-corrected chi connectivity index (χ4v) is 6.74. The van der Waals surface area contributed by atoms with E-state index in [0.717, 1.165) is 25.7 Å². The van der Waals surface area contributed by atoms with Gasteiger partial charge in [-0.2, -0.15) is 0 Å². The van der Waals surface area contributed by atoms with E-state index in [1.54, 1.807) is 32.3 Å². The molecule has 1 amide bonds. The van der Waals surface area contributed by atoms with Gasteiger partial charge in [0.05, 0.1) is 25.9 Å². The summed E-state index contributed by atoms with van der Waals surface area (Å²) in [6, 6.07) is 6.88. The fourth-order valence-electron chi connectivity index (χ4n) is 5.84. The molecule has 1 aromatic carbocycles. The molecule has 0 unspecified atom stereocenters. The van der Waals surface area contributed by atoms with Crippen LogP contribution in [-0.4, -0.2) is 81.1 Å². The maximum Gasteiger partial charge on any atom is 0.338 e. The number of fused-ring (bicyclic) bond motifs is 1. The van der Waals surface area contributed by atoms with Crippen LogP contribution in [0.25, 0.3) is 21.4 Å². The van der Waals surface area contributed by atoms with Crippen molar-refractivity contribution in [3.05, 3.63) is 70.1 Å². The van der Waals surface area contributed by atoms with E-state index in [4.69, 9.17) is 13.9 Å². The minimum atomic E-state index is -0.545. The number of morpholine rings is 1. The molecule has 0 atom stereocenters. The first-order chi connectivity index (χ1) is 21.6. The zero-order valence-electron chi connectivity index (χ0n) is 26.2. The van der Waals surface area contributed by atoms with Crippen molar-refractivity contribution in [3.8, 4) is 11.1 Å². The molecular weight excluding hydrogens is 594 g/mol. The first-order valence-corrected chi connectivity index (χ1v) is 15.8. The molecule has 2 aliphatic rings. The summed E-state index contributed by atoms with van der Waals surface area (Å²) in [6.07, 6.45) is 4.05. The summed E-state index contributed by atoms with van der Waals surface area (Å²) in [5, 5.41) is 4.99. The summed E-state index contributed by atoms with van der Waals surface area (Å²) in [5.41, 5.74) is 2.68. The summed E-state index contributed by atoms with van der Waals surface area (Å²) < 4.78 is 17.3. The van der Waals surface area contributed by atoms with Gasteiger partial charge in [-0.3, -0.25) is 9.59 Å². The summed E-state index contributed by atoms with van der Waals surface area (Å²) >= 11 is 1.27. The third kappa shape index (κ3) is 6.81. The lowest BCUT2D eigenvalue weighted by molar-refractivity contribution is -0.126. The number of amides is 1. The lowest BCUT2D eigenvalue weighted by atomic mass is 10.0. The van der Waals surface area contributed by atoms with Crippen molar-refractivity contribution in [1.82, 2.24) is 9.80 Å². The number of nitrogens with zero attached hydrogens (tertiary/aromatic N) is 4. The molecule has 2 fully saturated rings. The van der Waals surface area contributed by atoms with Gasteiger partial charge in [0.2, 0.25) is 5.43 Å². The van der Waals surface area contributed by atoms with Crippen molar-refractivity contribution in [2.24, 2.45) is 4.99 Å². The monoisotopic (exact) mass is 633 g/mol. The first kappa shape index (κ1) is 32.0. The second kappa shape index (κ2) is 13.7. The van der Waals surface area contributed by atoms with Crippen molar-refractivity contribution >= 4 is 50.9 Å². The zero-order valence-corrected chi connectivity index (χ0v) is 27.0. The average molecular weight is 634 g/mol. The Morgan fingerprint density at radius 1 is 1.11 bits per heavy atom. The van der Waals surface area contributed by atoms with Crippen LogP contribution in [0.5, 0.6) is 0 Å². The second-order valence-corrected chi connectivity index (χ2v) is 12.2. The van der Waals surface area contributed by atoms with Crippen LogP contribution in [0.4, 0.5) is 11.6 Å². The number of thiophene rings is 1. The molecule has 0 radical (unpaired) electrons. The minimum Gasteiger partial charge on any atom is -0.465 e. The Morgan fingerprint density at radius 3 is 2.49 bits per heavy atom. The minimum absolute atomic E-state index is 0.132. The summed E-state index contributed by atoms with van der Waals surface area (Å²) in [4.78, 5) is 48.9. The molecule has 0 bridgehead atoms. The number of likely N-dealkylation sites (N-methyl/N-ethyl adjacent to an activating group) is 1. The van der Waals surface area contributed by atoms with E-state index in [0.29, 0.717) is 76.6 Å². The molecule has 2 aromatic heterocycles. The molecule has 1 aliphatic heterocycles. The number of rotatable bonds is 9. The van der Waals surface area contributed by atoms with Gasteiger partial charge >= 0.3 is 5.97 Å². The van der Waals surface area contributed by atoms with Crippen molar-refractivity contribution < 1.29 is 23.5 Å². The van der Waals surface area contributed by atoms with E-state index in [1.807, 2.05) is 22.1 Å². The number of esters is 1. The normalized spacial score (nSPS) is 15.6. The van der Waals surface area contributed by atoms with E-state index < -0.39 is 5.97 Å². The van der Waals surface area contributed by atoms with Gasteiger partial charge in [0.1, 0.15) is 22.1 Å². The number of hydrogen-bond donors (Lipinski definition) is 1. The predicted molar refractivity (Wildman–Crippen MR) is 178 cm³/mol. The summed E-state index contributed by atoms with van der Waals surface area (Å²) in [5.74, 6) is 0.670. The molecule has 3 aromatic rings. The number of nitrogens with one attached hydrogen (secondary N) is 1. The highest BCUT2D eigenvalue weighted by Crippen LogP contribution is 2.37. The Kier molecular flexibility index (Phi) is 9.74. The topological polar surface area (TPSA) is 117 Å². The predicted octanol–water partition coefficient (Wildman–Crippen LogP) is 5.29. The molecule has 1 saturated heterocycles. The van der Waals surface area contributed by atoms with Crippen molar-refractivity contribution in [3.63, 3.8) is 0 Å². The van der Waals surface area contributed by atoms with E-state index in [2.05, 4.69) is 23.5 Å². The van der Waals surface area contributed by atoms with Crippen LogP contribution in [0, 0.1) is 0 Å². The SMILES string of the molecule is C=C(N=C(C)N(C(=C)C(=O)N(C)C)C1CCCC1)Nc1ccc(-c2csc3c(=O)cc(N4CCOCC4)oc23)c(C(=O)OC)c1. The molecule has 5 rings (SSSR count). The Bertz CT molecular complexity index is 1710. The first-order valence-electron chi connectivity index (χ1n) is 14.9. The highest BCUT2D eigenvalue weighted by atomic mass is 32.1. The second-order valence-electron chi connectivity index (χ2n) is 11.3. The number of methoxy groups -OCH3 is 1. The number of aliphatic imine (C=N–C) groups is 1. The van der Waals surface area contributed by atoms with Gasteiger partial charge < -0.3 is 33.9 Å². The maximum absolute atomic E-state index is 13.0. The number of carbonyl (C=O) groups excluding carboxylic acids is 2. The Morgan fingerprint density at radius 2 is 1.82 bits per heavy atom. The third-order valence-electron chi connectivity index (χ3n) is 8.04. The summed E-state index contributed by atoms with van der Waals surface area (Å²) in [6.45, 7) is 12.3. The highest BCUT2D eigenvalue weighted by Gasteiger charge is 2.29. The van der Waals surface area contributed by atoms with Crippen LogP contribution in [0.3, 0.4) is 0 Å². The van der Waals surface area contributed by atoms with Gasteiger partial charge in [0, 0.05) is 61.5 Å². The van der Waals surface area contributed by atoms with Crippen LogP contribution < -0.4 is 15.6 Å². The Balaban J connectivity index is 1.45. The third-order valence-corrected chi connectivity index (χ3v) is 9.01. The maximum atomic E-state index is 13.0. The molecule has 1 N–H and O–H groups in total. The lowest BCUT2D eigenvalue weighted by Crippen LogP contribution is -2.42. The molecule has 45 heavy (non-hydrogen) atoms. The van der Waals surface area contributed by atoms with Crippen LogP contribution in [-0.2, 0) is 14.3 Å². The molecular formula is C33H39N5O6S. The van der Waals surface area contributed by atoms with E-state index >= 15 is 0 Å². The number of ether oxygens (including phenoxy) is 2. The highest BCUT2D eigenvalue weighted by molar-refractivity contribution is 7.17. The standard InChI is InChI=1S/C33H39N5O6S/c1-20(32(40)36(4)5)38(24-9-7-8-10-24)22(3)34-21(2)35-23-11-12-25(26(17-23)33(41)42-6)27-19-45-31-28(39)18-29(44-30(27)31)37-13-15-43-16-14-37/h11-12,17-19,24,35H,1-2,7-10,13-16H2,3-6H3. The van der Waals surface area contributed by atoms with Crippen molar-refractivity contribution in [2.45, 2.75) is 38.6 Å². The van der Waals surface area contributed by atoms with Gasteiger partial charge in [0.15, 0.2) is 11.5 Å². The molecule has 0 spiro atoms. The molecule has 1 saturated carbocycles. The number of benzene rings is 1.